The maximum atomic E-state index is 11.3. The fourth-order valence-electron chi connectivity index (χ4n) is 2.84. The van der Waals surface area contributed by atoms with E-state index in [4.69, 9.17) is 9.90 Å². The third-order valence-electron chi connectivity index (χ3n) is 3.88. The fourth-order valence-corrected chi connectivity index (χ4v) is 3.50. The van der Waals surface area contributed by atoms with Crippen LogP contribution in [0, 0.1) is 0 Å². The number of fused-ring (bicyclic) bond motifs is 1. The monoisotopic (exact) mass is 350 g/mol. The molecule has 0 bridgehead atoms. The summed E-state index contributed by atoms with van der Waals surface area (Å²) in [6, 6.07) is 3.16. The van der Waals surface area contributed by atoms with E-state index >= 15 is 0 Å². The molecule has 1 aromatic rings. The number of carboxylic acid groups (broad SMARTS) is 1. The molecular formula is C14H17F3N2O3S. The van der Waals surface area contributed by atoms with Crippen LogP contribution in [0.5, 0.6) is 0 Å². The summed E-state index contributed by atoms with van der Waals surface area (Å²) in [5.41, 5.74) is 1.41. The Bertz CT molecular complexity index is 548. The number of amides is 1. The van der Waals surface area contributed by atoms with Crippen LogP contribution in [-0.2, 0) is 16.1 Å². The van der Waals surface area contributed by atoms with Gasteiger partial charge >= 0.3 is 12.1 Å². The first-order valence-corrected chi connectivity index (χ1v) is 8.06. The smallest absolute Gasteiger partial charge is 0.475 e. The first-order valence-electron chi connectivity index (χ1n) is 7.12. The van der Waals surface area contributed by atoms with Gasteiger partial charge in [-0.25, -0.2) is 4.79 Å². The van der Waals surface area contributed by atoms with Gasteiger partial charge in [-0.15, -0.1) is 0 Å². The molecule has 9 heteroatoms. The molecule has 2 atom stereocenters. The second kappa shape index (κ2) is 7.31. The Balaban J connectivity index is 0.000000236. The maximum Gasteiger partial charge on any atom is 0.490 e. The summed E-state index contributed by atoms with van der Waals surface area (Å²) in [6.07, 6.45) is -2.25. The summed E-state index contributed by atoms with van der Waals surface area (Å²) in [5.74, 6) is -2.52. The van der Waals surface area contributed by atoms with Crippen LogP contribution in [-0.4, -0.2) is 46.7 Å². The van der Waals surface area contributed by atoms with Crippen molar-refractivity contribution in [1.29, 1.82) is 0 Å². The molecule has 0 unspecified atom stereocenters. The molecule has 0 spiro atoms. The average Bonchev–Trinajstić information content (AvgIpc) is 3.09. The van der Waals surface area contributed by atoms with Gasteiger partial charge in [0.05, 0.1) is 0 Å². The van der Waals surface area contributed by atoms with E-state index in [9.17, 15) is 18.0 Å². The third-order valence-corrected chi connectivity index (χ3v) is 4.61. The van der Waals surface area contributed by atoms with E-state index in [1.165, 1.54) is 5.56 Å². The molecular weight excluding hydrogens is 333 g/mol. The average molecular weight is 350 g/mol. The Morgan fingerprint density at radius 3 is 2.70 bits per heavy atom. The molecule has 1 aromatic heterocycles. The number of rotatable bonds is 2. The molecule has 3 heterocycles. The van der Waals surface area contributed by atoms with Gasteiger partial charge in [-0.2, -0.15) is 24.5 Å². The van der Waals surface area contributed by atoms with Crippen molar-refractivity contribution < 1.29 is 27.9 Å². The van der Waals surface area contributed by atoms with E-state index in [-0.39, 0.29) is 5.91 Å². The van der Waals surface area contributed by atoms with Crippen LogP contribution in [0.2, 0.25) is 0 Å². The van der Waals surface area contributed by atoms with Gasteiger partial charge in [0.25, 0.3) is 0 Å². The molecule has 2 fully saturated rings. The summed E-state index contributed by atoms with van der Waals surface area (Å²) in [5, 5.41) is 14.6. The Morgan fingerprint density at radius 2 is 2.13 bits per heavy atom. The Kier molecular flexibility index (Phi) is 5.64. The quantitative estimate of drug-likeness (QED) is 0.858. The molecule has 0 saturated carbocycles. The number of carboxylic acids is 1. The minimum absolute atomic E-state index is 0.235. The van der Waals surface area contributed by atoms with Crippen LogP contribution in [0.4, 0.5) is 13.2 Å². The number of carbonyl (C=O) groups excluding carboxylic acids is 1. The van der Waals surface area contributed by atoms with Gasteiger partial charge in [0.15, 0.2) is 0 Å². The standard InChI is InChI=1S/C12H16N2OS.C2HF3O2/c15-12-2-1-11-10(13-12)3-5-14(11)7-9-4-6-16-8-9;3-2(4,5)1(6)7/h4,6,8,10-11H,1-3,5,7H2,(H,13,15);(H,6,7)/t10-,11+;/m1./s1. The molecule has 2 saturated heterocycles. The molecule has 3 rings (SSSR count). The number of halogens is 3. The lowest BCUT2D eigenvalue weighted by Gasteiger charge is -2.31. The second-order valence-corrected chi connectivity index (χ2v) is 6.25. The zero-order valence-electron chi connectivity index (χ0n) is 12.2. The van der Waals surface area contributed by atoms with E-state index in [1.54, 1.807) is 11.3 Å². The lowest BCUT2D eigenvalue weighted by Crippen LogP contribution is -2.49. The van der Waals surface area contributed by atoms with Crippen molar-refractivity contribution in [2.45, 2.75) is 44.1 Å². The van der Waals surface area contributed by atoms with E-state index in [0.717, 1.165) is 25.9 Å². The predicted molar refractivity (Wildman–Crippen MR) is 78.0 cm³/mol. The van der Waals surface area contributed by atoms with Crippen molar-refractivity contribution in [2.75, 3.05) is 6.54 Å². The Hall–Kier alpha value is -1.61. The van der Waals surface area contributed by atoms with Crippen molar-refractivity contribution in [3.63, 3.8) is 0 Å². The van der Waals surface area contributed by atoms with Crippen LogP contribution in [0.1, 0.15) is 24.8 Å². The molecule has 2 aliphatic heterocycles. The number of aliphatic carboxylic acids is 1. The highest BCUT2D eigenvalue weighted by atomic mass is 32.1. The molecule has 23 heavy (non-hydrogen) atoms. The van der Waals surface area contributed by atoms with Gasteiger partial charge in [0.1, 0.15) is 0 Å². The molecule has 2 aliphatic rings. The number of hydrogen-bond donors (Lipinski definition) is 2. The third kappa shape index (κ3) is 4.93. The van der Waals surface area contributed by atoms with Gasteiger partial charge in [-0.3, -0.25) is 9.69 Å². The highest BCUT2D eigenvalue weighted by Gasteiger charge is 2.38. The lowest BCUT2D eigenvalue weighted by molar-refractivity contribution is -0.192. The molecule has 5 nitrogen and oxygen atoms in total. The molecule has 1 amide bonds. The number of carbonyl (C=O) groups is 2. The summed E-state index contributed by atoms with van der Waals surface area (Å²) in [4.78, 5) is 22.7. The van der Waals surface area contributed by atoms with Crippen molar-refractivity contribution in [3.05, 3.63) is 22.4 Å². The van der Waals surface area contributed by atoms with E-state index in [0.29, 0.717) is 18.5 Å². The highest BCUT2D eigenvalue weighted by molar-refractivity contribution is 7.07. The van der Waals surface area contributed by atoms with E-state index < -0.39 is 12.1 Å². The number of alkyl halides is 3. The van der Waals surface area contributed by atoms with Crippen molar-refractivity contribution >= 4 is 23.2 Å². The van der Waals surface area contributed by atoms with Gasteiger partial charge < -0.3 is 10.4 Å². The second-order valence-electron chi connectivity index (χ2n) is 5.47. The van der Waals surface area contributed by atoms with Gasteiger partial charge in [-0.1, -0.05) is 0 Å². The summed E-state index contributed by atoms with van der Waals surface area (Å²) < 4.78 is 31.7. The van der Waals surface area contributed by atoms with Crippen LogP contribution in [0.15, 0.2) is 16.8 Å². The first kappa shape index (κ1) is 17.7. The number of nitrogens with zero attached hydrogens (tertiary/aromatic N) is 1. The minimum Gasteiger partial charge on any atom is -0.475 e. The summed E-state index contributed by atoms with van der Waals surface area (Å²) in [7, 11) is 0. The van der Waals surface area contributed by atoms with Crippen molar-refractivity contribution in [2.24, 2.45) is 0 Å². The first-order chi connectivity index (χ1) is 10.8. The van der Waals surface area contributed by atoms with E-state index in [1.807, 2.05) is 0 Å². The summed E-state index contributed by atoms with van der Waals surface area (Å²) >= 11 is 1.76. The van der Waals surface area contributed by atoms with Gasteiger partial charge in [-0.05, 0) is 35.2 Å². The number of thiophene rings is 1. The fraction of sp³-hybridized carbons (Fsp3) is 0.571. The topological polar surface area (TPSA) is 69.6 Å². The largest absolute Gasteiger partial charge is 0.490 e. The predicted octanol–water partition coefficient (Wildman–Crippen LogP) is 2.23. The van der Waals surface area contributed by atoms with E-state index in [2.05, 4.69) is 27.0 Å². The number of nitrogens with one attached hydrogen (secondary N) is 1. The number of hydrogen-bond acceptors (Lipinski definition) is 4. The van der Waals surface area contributed by atoms with Crippen molar-refractivity contribution in [3.8, 4) is 0 Å². The minimum atomic E-state index is -5.08. The van der Waals surface area contributed by atoms with Gasteiger partial charge in [0.2, 0.25) is 5.91 Å². The van der Waals surface area contributed by atoms with Gasteiger partial charge in [0, 0.05) is 31.6 Å². The lowest BCUT2D eigenvalue weighted by atomic mass is 9.99. The molecule has 0 aromatic carbocycles. The van der Waals surface area contributed by atoms with Crippen LogP contribution in [0.3, 0.4) is 0 Å². The molecule has 2 N–H and O–H groups in total. The number of likely N-dealkylation sites (tertiary alicyclic amines) is 1. The zero-order valence-corrected chi connectivity index (χ0v) is 13.0. The Labute approximate surface area is 135 Å². The number of piperidine rings is 1. The Morgan fingerprint density at radius 1 is 1.43 bits per heavy atom. The van der Waals surface area contributed by atoms with Crippen LogP contribution in [0.25, 0.3) is 0 Å². The maximum absolute atomic E-state index is 11.3. The normalized spacial score (nSPS) is 24.4. The van der Waals surface area contributed by atoms with Crippen LogP contribution < -0.4 is 5.32 Å². The summed E-state index contributed by atoms with van der Waals surface area (Å²) in [6.45, 7) is 2.16. The van der Waals surface area contributed by atoms with Crippen LogP contribution >= 0.6 is 11.3 Å². The van der Waals surface area contributed by atoms with Crippen molar-refractivity contribution in [1.82, 2.24) is 10.2 Å². The molecule has 128 valence electrons. The molecule has 0 aliphatic carbocycles. The SMILES string of the molecule is O=C(O)C(F)(F)F.O=C1CC[C@H]2[C@@H](CCN2Cc2ccsc2)N1. The molecule has 0 radical (unpaired) electrons. The zero-order chi connectivity index (χ0) is 17.0. The highest BCUT2D eigenvalue weighted by Crippen LogP contribution is 2.27.